The lowest BCUT2D eigenvalue weighted by atomic mass is 10.0. The van der Waals surface area contributed by atoms with Crippen LogP contribution in [-0.4, -0.2) is 17.7 Å². The Hall–Kier alpha value is -0.860. The van der Waals surface area contributed by atoms with E-state index in [9.17, 15) is 5.11 Å². The molecule has 1 unspecified atom stereocenters. The third kappa shape index (κ3) is 4.02. The Morgan fingerprint density at radius 1 is 1.13 bits per heavy atom. The average Bonchev–Trinajstić information content (AvgIpc) is 2.12. The minimum absolute atomic E-state index is 0.408. The Kier molecular flexibility index (Phi) is 4.30. The molecule has 0 aliphatic heterocycles. The molecule has 1 aromatic rings. The zero-order valence-electron chi connectivity index (χ0n) is 10.0. The van der Waals surface area contributed by atoms with Crippen LogP contribution in [-0.2, 0) is 0 Å². The van der Waals surface area contributed by atoms with E-state index in [2.05, 4.69) is 39.1 Å². The van der Waals surface area contributed by atoms with Crippen molar-refractivity contribution in [3.8, 4) is 0 Å². The number of aliphatic hydroxyl groups is 1. The van der Waals surface area contributed by atoms with Crippen LogP contribution in [0.2, 0.25) is 0 Å². The van der Waals surface area contributed by atoms with Gasteiger partial charge in [0.05, 0.1) is 6.10 Å². The van der Waals surface area contributed by atoms with E-state index in [4.69, 9.17) is 0 Å². The van der Waals surface area contributed by atoms with Crippen molar-refractivity contribution in [3.05, 3.63) is 34.9 Å². The Balaban J connectivity index is 2.68. The number of aryl methyl sites for hydroxylation is 2. The van der Waals surface area contributed by atoms with Gasteiger partial charge in [0.2, 0.25) is 0 Å². The van der Waals surface area contributed by atoms with Gasteiger partial charge < -0.3 is 10.4 Å². The van der Waals surface area contributed by atoms with Gasteiger partial charge in [0, 0.05) is 12.6 Å². The number of aliphatic hydroxyl groups excluding tert-OH is 1. The first-order valence-corrected chi connectivity index (χ1v) is 5.48. The van der Waals surface area contributed by atoms with Crippen molar-refractivity contribution < 1.29 is 5.11 Å². The minimum Gasteiger partial charge on any atom is -0.387 e. The Morgan fingerprint density at radius 2 is 1.67 bits per heavy atom. The zero-order chi connectivity index (χ0) is 11.4. The molecule has 15 heavy (non-hydrogen) atoms. The predicted molar refractivity (Wildman–Crippen MR) is 64.0 cm³/mol. The molecule has 0 aromatic heterocycles. The molecular formula is C13H21NO. The standard InChI is InChI=1S/C13H21NO/c1-9(2)14-8-13(15)12-6-10(3)5-11(4)7-12/h5-7,9,13-15H,8H2,1-4H3. The third-order valence-corrected chi connectivity index (χ3v) is 2.35. The van der Waals surface area contributed by atoms with E-state index in [1.807, 2.05) is 12.1 Å². The van der Waals surface area contributed by atoms with E-state index in [1.165, 1.54) is 11.1 Å². The van der Waals surface area contributed by atoms with Crippen molar-refractivity contribution in [3.63, 3.8) is 0 Å². The van der Waals surface area contributed by atoms with Crippen LogP contribution in [0.25, 0.3) is 0 Å². The monoisotopic (exact) mass is 207 g/mol. The lowest BCUT2D eigenvalue weighted by molar-refractivity contribution is 0.171. The van der Waals surface area contributed by atoms with E-state index in [1.54, 1.807) is 0 Å². The molecule has 0 saturated carbocycles. The van der Waals surface area contributed by atoms with Gasteiger partial charge in [0.15, 0.2) is 0 Å². The van der Waals surface area contributed by atoms with Gasteiger partial charge in [-0.3, -0.25) is 0 Å². The van der Waals surface area contributed by atoms with Crippen LogP contribution in [0.3, 0.4) is 0 Å². The summed E-state index contributed by atoms with van der Waals surface area (Å²) < 4.78 is 0. The first kappa shape index (κ1) is 12.2. The summed E-state index contributed by atoms with van der Waals surface area (Å²) in [4.78, 5) is 0. The number of nitrogens with one attached hydrogen (secondary N) is 1. The number of hydrogen-bond acceptors (Lipinski definition) is 2. The van der Waals surface area contributed by atoms with Crippen molar-refractivity contribution in [1.29, 1.82) is 0 Å². The largest absolute Gasteiger partial charge is 0.387 e. The van der Waals surface area contributed by atoms with Crippen LogP contribution >= 0.6 is 0 Å². The molecule has 0 saturated heterocycles. The van der Waals surface area contributed by atoms with Gasteiger partial charge in [0.25, 0.3) is 0 Å². The summed E-state index contributed by atoms with van der Waals surface area (Å²) >= 11 is 0. The molecule has 0 spiro atoms. The highest BCUT2D eigenvalue weighted by molar-refractivity contribution is 5.30. The van der Waals surface area contributed by atoms with Crippen molar-refractivity contribution in [1.82, 2.24) is 5.32 Å². The zero-order valence-corrected chi connectivity index (χ0v) is 10.0. The van der Waals surface area contributed by atoms with E-state index in [-0.39, 0.29) is 0 Å². The summed E-state index contributed by atoms with van der Waals surface area (Å²) in [5.74, 6) is 0. The minimum atomic E-state index is -0.411. The summed E-state index contributed by atoms with van der Waals surface area (Å²) in [6, 6.07) is 6.61. The first-order chi connectivity index (χ1) is 6.99. The average molecular weight is 207 g/mol. The van der Waals surface area contributed by atoms with Crippen molar-refractivity contribution in [2.75, 3.05) is 6.54 Å². The lowest BCUT2D eigenvalue weighted by Gasteiger charge is -2.15. The summed E-state index contributed by atoms with van der Waals surface area (Å²) in [7, 11) is 0. The number of rotatable bonds is 4. The van der Waals surface area contributed by atoms with Crippen LogP contribution in [0.4, 0.5) is 0 Å². The summed E-state index contributed by atoms with van der Waals surface area (Å²) in [6.07, 6.45) is -0.411. The second kappa shape index (κ2) is 5.29. The van der Waals surface area contributed by atoms with Crippen LogP contribution in [0.15, 0.2) is 18.2 Å². The number of benzene rings is 1. The van der Waals surface area contributed by atoms with Crippen LogP contribution < -0.4 is 5.32 Å². The Bertz CT molecular complexity index is 300. The predicted octanol–water partition coefficient (Wildman–Crippen LogP) is 2.33. The highest BCUT2D eigenvalue weighted by Crippen LogP contribution is 2.16. The quantitative estimate of drug-likeness (QED) is 0.794. The molecule has 2 nitrogen and oxygen atoms in total. The molecule has 0 bridgehead atoms. The molecule has 0 fully saturated rings. The number of hydrogen-bond donors (Lipinski definition) is 2. The van der Waals surface area contributed by atoms with E-state index >= 15 is 0 Å². The lowest BCUT2D eigenvalue weighted by Crippen LogP contribution is -2.27. The molecule has 2 heteroatoms. The molecule has 1 rings (SSSR count). The van der Waals surface area contributed by atoms with Crippen LogP contribution in [0.5, 0.6) is 0 Å². The smallest absolute Gasteiger partial charge is 0.0914 e. The SMILES string of the molecule is Cc1cc(C)cc(C(O)CNC(C)C)c1. The molecule has 2 N–H and O–H groups in total. The van der Waals surface area contributed by atoms with E-state index < -0.39 is 6.10 Å². The second-order valence-corrected chi connectivity index (χ2v) is 4.50. The van der Waals surface area contributed by atoms with Gasteiger partial charge in [-0.1, -0.05) is 43.2 Å². The van der Waals surface area contributed by atoms with Crippen molar-refractivity contribution in [2.24, 2.45) is 0 Å². The third-order valence-electron chi connectivity index (χ3n) is 2.35. The van der Waals surface area contributed by atoms with Crippen molar-refractivity contribution in [2.45, 2.75) is 39.8 Å². The molecule has 0 amide bonds. The molecular weight excluding hydrogens is 186 g/mol. The summed E-state index contributed by atoms with van der Waals surface area (Å²) in [5.41, 5.74) is 3.41. The summed E-state index contributed by atoms with van der Waals surface area (Å²) in [6.45, 7) is 8.88. The molecule has 1 atom stereocenters. The molecule has 1 aromatic carbocycles. The highest BCUT2D eigenvalue weighted by atomic mass is 16.3. The molecule has 0 aliphatic carbocycles. The maximum Gasteiger partial charge on any atom is 0.0914 e. The molecule has 0 radical (unpaired) electrons. The maximum absolute atomic E-state index is 9.96. The fourth-order valence-corrected chi connectivity index (χ4v) is 1.67. The van der Waals surface area contributed by atoms with Crippen LogP contribution in [0, 0.1) is 13.8 Å². The van der Waals surface area contributed by atoms with Gasteiger partial charge in [0.1, 0.15) is 0 Å². The Morgan fingerprint density at radius 3 is 2.13 bits per heavy atom. The molecule has 0 heterocycles. The fraction of sp³-hybridized carbons (Fsp3) is 0.538. The fourth-order valence-electron chi connectivity index (χ4n) is 1.67. The normalized spacial score (nSPS) is 13.2. The van der Waals surface area contributed by atoms with Crippen LogP contribution in [0.1, 0.15) is 36.6 Å². The Labute approximate surface area is 92.3 Å². The van der Waals surface area contributed by atoms with E-state index in [0.717, 1.165) is 5.56 Å². The van der Waals surface area contributed by atoms with Gasteiger partial charge in [-0.25, -0.2) is 0 Å². The second-order valence-electron chi connectivity index (χ2n) is 4.50. The highest BCUT2D eigenvalue weighted by Gasteiger charge is 2.08. The van der Waals surface area contributed by atoms with Gasteiger partial charge in [-0.2, -0.15) is 0 Å². The topological polar surface area (TPSA) is 32.3 Å². The first-order valence-electron chi connectivity index (χ1n) is 5.48. The molecule has 0 aliphatic rings. The van der Waals surface area contributed by atoms with Gasteiger partial charge in [-0.15, -0.1) is 0 Å². The van der Waals surface area contributed by atoms with Gasteiger partial charge in [-0.05, 0) is 19.4 Å². The summed E-state index contributed by atoms with van der Waals surface area (Å²) in [5, 5.41) is 13.2. The van der Waals surface area contributed by atoms with Crippen molar-refractivity contribution >= 4 is 0 Å². The molecule has 84 valence electrons. The maximum atomic E-state index is 9.96. The van der Waals surface area contributed by atoms with E-state index in [0.29, 0.717) is 12.6 Å². The van der Waals surface area contributed by atoms with Gasteiger partial charge >= 0.3 is 0 Å².